The second-order valence-corrected chi connectivity index (χ2v) is 6.95. The molecular formula is C17H18FN3OS. The van der Waals surface area contributed by atoms with Gasteiger partial charge >= 0.3 is 0 Å². The van der Waals surface area contributed by atoms with Gasteiger partial charge in [0.15, 0.2) is 5.96 Å². The molecule has 0 unspecified atom stereocenters. The van der Waals surface area contributed by atoms with E-state index in [4.69, 9.17) is 5.73 Å². The average Bonchev–Trinajstić information content (AvgIpc) is 2.98. The molecule has 0 radical (unpaired) electrons. The number of carbonyl (C=O) groups is 1. The van der Waals surface area contributed by atoms with Crippen LogP contribution in [-0.2, 0) is 10.3 Å². The fourth-order valence-corrected chi connectivity index (χ4v) is 3.67. The van der Waals surface area contributed by atoms with Crippen LogP contribution in [0.5, 0.6) is 0 Å². The van der Waals surface area contributed by atoms with E-state index in [-0.39, 0.29) is 24.1 Å². The van der Waals surface area contributed by atoms with Gasteiger partial charge in [-0.25, -0.2) is 9.38 Å². The summed E-state index contributed by atoms with van der Waals surface area (Å²) in [6.45, 7) is 3.66. The summed E-state index contributed by atoms with van der Waals surface area (Å²) in [5.41, 5.74) is 7.76. The van der Waals surface area contributed by atoms with Crippen molar-refractivity contribution in [3.05, 3.63) is 45.9 Å². The van der Waals surface area contributed by atoms with E-state index in [0.29, 0.717) is 5.56 Å². The zero-order valence-electron chi connectivity index (χ0n) is 13.3. The monoisotopic (exact) mass is 331 g/mol. The van der Waals surface area contributed by atoms with Gasteiger partial charge in [0.25, 0.3) is 0 Å². The fourth-order valence-electron chi connectivity index (χ4n) is 2.64. The second kappa shape index (κ2) is 5.45. The third-order valence-electron chi connectivity index (χ3n) is 4.20. The van der Waals surface area contributed by atoms with Gasteiger partial charge in [0.1, 0.15) is 11.4 Å². The number of nitrogens with two attached hydrogens (primary N) is 1. The maximum absolute atomic E-state index is 13.4. The number of aryl methyl sites for hydroxylation is 1. The van der Waals surface area contributed by atoms with Gasteiger partial charge in [0.05, 0.1) is 6.42 Å². The summed E-state index contributed by atoms with van der Waals surface area (Å²) in [6.07, 6.45) is 0.284. The first-order chi connectivity index (χ1) is 10.8. The number of halogens is 1. The van der Waals surface area contributed by atoms with Crippen molar-refractivity contribution in [3.8, 4) is 11.1 Å². The smallest absolute Gasteiger partial charge is 0.231 e. The lowest BCUT2D eigenvalue weighted by Crippen LogP contribution is -2.47. The third kappa shape index (κ3) is 2.74. The highest BCUT2D eigenvalue weighted by Crippen LogP contribution is 2.39. The maximum Gasteiger partial charge on any atom is 0.231 e. The van der Waals surface area contributed by atoms with Crippen molar-refractivity contribution in [1.29, 1.82) is 0 Å². The SMILES string of the molecule is Cc1cc(-c2csc([C@]3(C)CC(=O)N(C)C(N)=N3)c2)ccc1F. The Hall–Kier alpha value is -2.21. The number of rotatable bonds is 2. The van der Waals surface area contributed by atoms with Crippen molar-refractivity contribution in [2.45, 2.75) is 25.8 Å². The number of aliphatic imine (C=N–C) groups is 1. The van der Waals surface area contributed by atoms with Gasteiger partial charge in [-0.3, -0.25) is 9.69 Å². The van der Waals surface area contributed by atoms with Crippen LogP contribution in [-0.4, -0.2) is 23.8 Å². The number of nitrogens with zero attached hydrogens (tertiary/aromatic N) is 2. The molecule has 3 rings (SSSR count). The van der Waals surface area contributed by atoms with Gasteiger partial charge < -0.3 is 5.73 Å². The first-order valence-corrected chi connectivity index (χ1v) is 8.15. The van der Waals surface area contributed by atoms with E-state index in [1.54, 1.807) is 20.0 Å². The number of amides is 1. The van der Waals surface area contributed by atoms with Crippen molar-refractivity contribution in [2.24, 2.45) is 10.7 Å². The highest BCUT2D eigenvalue weighted by atomic mass is 32.1. The van der Waals surface area contributed by atoms with E-state index >= 15 is 0 Å². The second-order valence-electron chi connectivity index (χ2n) is 6.04. The average molecular weight is 331 g/mol. The lowest BCUT2D eigenvalue weighted by Gasteiger charge is -2.32. The minimum atomic E-state index is -0.647. The number of benzene rings is 1. The van der Waals surface area contributed by atoms with Gasteiger partial charge in [-0.1, -0.05) is 6.07 Å². The van der Waals surface area contributed by atoms with E-state index in [2.05, 4.69) is 4.99 Å². The Morgan fingerprint density at radius 2 is 2.09 bits per heavy atom. The summed E-state index contributed by atoms with van der Waals surface area (Å²) in [4.78, 5) is 18.9. The van der Waals surface area contributed by atoms with Gasteiger partial charge in [-0.15, -0.1) is 11.3 Å². The van der Waals surface area contributed by atoms with Crippen LogP contribution in [0.1, 0.15) is 23.8 Å². The zero-order chi connectivity index (χ0) is 16.8. The molecule has 1 aromatic carbocycles. The van der Waals surface area contributed by atoms with Crippen LogP contribution in [0, 0.1) is 12.7 Å². The number of guanidine groups is 1. The van der Waals surface area contributed by atoms with Gasteiger partial charge in [0.2, 0.25) is 5.91 Å². The van der Waals surface area contributed by atoms with Crippen LogP contribution >= 0.6 is 11.3 Å². The third-order valence-corrected chi connectivity index (χ3v) is 5.38. The van der Waals surface area contributed by atoms with E-state index in [1.807, 2.05) is 24.4 Å². The molecule has 1 aliphatic rings. The Morgan fingerprint density at radius 3 is 2.74 bits per heavy atom. The summed E-state index contributed by atoms with van der Waals surface area (Å²) in [6, 6.07) is 7.06. The van der Waals surface area contributed by atoms with Crippen LogP contribution in [0.3, 0.4) is 0 Å². The van der Waals surface area contributed by atoms with Crippen LogP contribution in [0.15, 0.2) is 34.6 Å². The molecule has 1 aromatic heterocycles. The first kappa shape index (κ1) is 15.7. The van der Waals surface area contributed by atoms with Crippen molar-refractivity contribution >= 4 is 23.2 Å². The summed E-state index contributed by atoms with van der Waals surface area (Å²) in [5, 5.41) is 2.00. The van der Waals surface area contributed by atoms with Crippen LogP contribution in [0.4, 0.5) is 4.39 Å². The first-order valence-electron chi connectivity index (χ1n) is 7.27. The maximum atomic E-state index is 13.4. The molecule has 2 N–H and O–H groups in total. The van der Waals surface area contributed by atoms with E-state index < -0.39 is 5.54 Å². The van der Waals surface area contributed by atoms with Gasteiger partial charge in [-0.2, -0.15) is 0 Å². The van der Waals surface area contributed by atoms with Crippen molar-refractivity contribution < 1.29 is 9.18 Å². The van der Waals surface area contributed by atoms with Crippen LogP contribution in [0.25, 0.3) is 11.1 Å². The standard InChI is InChI=1S/C17H18FN3OS/c1-10-6-11(4-5-13(10)18)12-7-14(23-9-12)17(2)8-15(22)21(3)16(19)20-17/h4-7,9H,8H2,1-3H3,(H2,19,20)/t17-/m0/s1. The summed E-state index contributed by atoms with van der Waals surface area (Å²) in [7, 11) is 1.63. The van der Waals surface area contributed by atoms with Crippen LogP contribution in [0.2, 0.25) is 0 Å². The highest BCUT2D eigenvalue weighted by molar-refractivity contribution is 7.10. The Morgan fingerprint density at radius 1 is 1.35 bits per heavy atom. The Bertz CT molecular complexity index is 814. The molecule has 0 aliphatic carbocycles. The molecule has 0 fully saturated rings. The molecule has 2 aromatic rings. The Balaban J connectivity index is 1.98. The zero-order valence-corrected chi connectivity index (χ0v) is 14.1. The van der Waals surface area contributed by atoms with Crippen molar-refractivity contribution in [1.82, 2.24) is 4.90 Å². The van der Waals surface area contributed by atoms with Crippen LogP contribution < -0.4 is 5.73 Å². The predicted molar refractivity (Wildman–Crippen MR) is 90.8 cm³/mol. The molecule has 6 heteroatoms. The predicted octanol–water partition coefficient (Wildman–Crippen LogP) is 3.25. The minimum Gasteiger partial charge on any atom is -0.369 e. The fraction of sp³-hybridized carbons (Fsp3) is 0.294. The molecule has 2 heterocycles. The highest BCUT2D eigenvalue weighted by Gasteiger charge is 2.37. The number of hydrogen-bond donors (Lipinski definition) is 1. The molecule has 0 saturated heterocycles. The molecule has 23 heavy (non-hydrogen) atoms. The molecular weight excluding hydrogens is 313 g/mol. The lowest BCUT2D eigenvalue weighted by atomic mass is 9.93. The largest absolute Gasteiger partial charge is 0.369 e. The lowest BCUT2D eigenvalue weighted by molar-refractivity contribution is -0.128. The number of carbonyl (C=O) groups excluding carboxylic acids is 1. The molecule has 4 nitrogen and oxygen atoms in total. The molecule has 120 valence electrons. The quantitative estimate of drug-likeness (QED) is 0.918. The van der Waals surface area contributed by atoms with Crippen molar-refractivity contribution in [2.75, 3.05) is 7.05 Å². The molecule has 0 saturated carbocycles. The normalized spacial score (nSPS) is 21.5. The van der Waals surface area contributed by atoms with E-state index in [9.17, 15) is 9.18 Å². The molecule has 1 aliphatic heterocycles. The summed E-state index contributed by atoms with van der Waals surface area (Å²) >= 11 is 1.54. The Kier molecular flexibility index (Phi) is 3.72. The van der Waals surface area contributed by atoms with Gasteiger partial charge in [-0.05, 0) is 54.1 Å². The van der Waals surface area contributed by atoms with Gasteiger partial charge in [0, 0.05) is 11.9 Å². The molecule has 1 atom stereocenters. The van der Waals surface area contributed by atoms with E-state index in [0.717, 1.165) is 16.0 Å². The molecule has 1 amide bonds. The van der Waals surface area contributed by atoms with Crippen molar-refractivity contribution in [3.63, 3.8) is 0 Å². The topological polar surface area (TPSA) is 58.7 Å². The van der Waals surface area contributed by atoms with E-state index in [1.165, 1.54) is 22.3 Å². The Labute approximate surface area is 138 Å². The molecule has 0 spiro atoms. The minimum absolute atomic E-state index is 0.0485. The summed E-state index contributed by atoms with van der Waals surface area (Å²) < 4.78 is 13.4. The number of thiophene rings is 1. The summed E-state index contributed by atoms with van der Waals surface area (Å²) in [5.74, 6) is -0.0293. The molecule has 0 bridgehead atoms. The number of hydrogen-bond acceptors (Lipinski definition) is 4.